The van der Waals surface area contributed by atoms with Crippen molar-refractivity contribution >= 4 is 39.9 Å². The predicted octanol–water partition coefficient (Wildman–Crippen LogP) is 3.98. The predicted molar refractivity (Wildman–Crippen MR) is 96.7 cm³/mol. The Bertz CT molecular complexity index is 1060. The van der Waals surface area contributed by atoms with Crippen molar-refractivity contribution in [1.29, 1.82) is 0 Å². The van der Waals surface area contributed by atoms with Crippen molar-refractivity contribution in [3.8, 4) is 0 Å². The summed E-state index contributed by atoms with van der Waals surface area (Å²) in [6.07, 6.45) is 0. The number of rotatable bonds is 4. The molecule has 0 aliphatic carbocycles. The van der Waals surface area contributed by atoms with Crippen molar-refractivity contribution in [2.75, 3.05) is 5.43 Å². The number of carboxylic acids is 1. The number of para-hydroxylation sites is 1. The maximum Gasteiger partial charge on any atom is 0.345 e. The molecule has 0 saturated heterocycles. The Morgan fingerprint density at radius 3 is 2.72 bits per heavy atom. The number of carboxylic acid groups (broad SMARTS) is 1. The number of benzene rings is 2. The van der Waals surface area contributed by atoms with Crippen molar-refractivity contribution < 1.29 is 14.3 Å². The van der Waals surface area contributed by atoms with Crippen molar-refractivity contribution in [1.82, 2.24) is 0 Å². The zero-order valence-electron chi connectivity index (χ0n) is 13.1. The molecule has 2 aromatic carbocycles. The van der Waals surface area contributed by atoms with E-state index in [0.717, 1.165) is 5.39 Å². The van der Waals surface area contributed by atoms with Crippen LogP contribution >= 0.6 is 11.6 Å². The molecule has 126 valence electrons. The van der Waals surface area contributed by atoms with Crippen LogP contribution in [-0.4, -0.2) is 16.8 Å². The zero-order chi connectivity index (χ0) is 18.0. The van der Waals surface area contributed by atoms with E-state index in [4.69, 9.17) is 21.1 Å². The van der Waals surface area contributed by atoms with Gasteiger partial charge in [-0.15, -0.1) is 0 Å². The summed E-state index contributed by atoms with van der Waals surface area (Å²) in [7, 11) is 0. The van der Waals surface area contributed by atoms with Crippen LogP contribution in [0.4, 0.5) is 5.69 Å². The van der Waals surface area contributed by atoms with Gasteiger partial charge in [0.1, 0.15) is 5.58 Å². The van der Waals surface area contributed by atoms with Gasteiger partial charge in [-0.1, -0.05) is 29.8 Å². The van der Waals surface area contributed by atoms with E-state index in [1.165, 1.54) is 18.2 Å². The Morgan fingerprint density at radius 1 is 1.20 bits per heavy atom. The lowest BCUT2D eigenvalue weighted by Gasteiger charge is -2.06. The highest BCUT2D eigenvalue weighted by Gasteiger charge is 2.10. The molecule has 1 aromatic heterocycles. The zero-order valence-corrected chi connectivity index (χ0v) is 13.9. The van der Waals surface area contributed by atoms with Gasteiger partial charge < -0.3 is 9.52 Å². The second-order valence-electron chi connectivity index (χ2n) is 5.29. The SMILES string of the molecule is C/C(=N/Nc1cc(C(=O)O)ccc1Cl)c1cc2ccccc2oc1=O. The molecule has 0 amide bonds. The number of nitrogens with one attached hydrogen (secondary N) is 1. The number of hydrogen-bond donors (Lipinski definition) is 2. The summed E-state index contributed by atoms with van der Waals surface area (Å²) in [5, 5.41) is 14.2. The van der Waals surface area contributed by atoms with Gasteiger partial charge >= 0.3 is 11.6 Å². The molecule has 0 radical (unpaired) electrons. The summed E-state index contributed by atoms with van der Waals surface area (Å²) >= 11 is 6.03. The lowest BCUT2D eigenvalue weighted by atomic mass is 10.1. The Morgan fingerprint density at radius 2 is 1.96 bits per heavy atom. The Kier molecular flexibility index (Phi) is 4.54. The molecule has 0 unspecified atom stereocenters. The number of carbonyl (C=O) groups is 1. The van der Waals surface area contributed by atoms with Crippen LogP contribution in [0.3, 0.4) is 0 Å². The highest BCUT2D eigenvalue weighted by molar-refractivity contribution is 6.33. The van der Waals surface area contributed by atoms with Crippen LogP contribution in [0.25, 0.3) is 11.0 Å². The van der Waals surface area contributed by atoms with Gasteiger partial charge in [-0.3, -0.25) is 5.43 Å². The number of aromatic carboxylic acids is 1. The normalized spacial score (nSPS) is 11.5. The van der Waals surface area contributed by atoms with E-state index in [1.54, 1.807) is 25.1 Å². The molecular weight excluding hydrogens is 344 g/mol. The summed E-state index contributed by atoms with van der Waals surface area (Å²) in [6, 6.07) is 13.1. The van der Waals surface area contributed by atoms with E-state index in [9.17, 15) is 9.59 Å². The minimum absolute atomic E-state index is 0.0740. The molecule has 3 aromatic rings. The highest BCUT2D eigenvalue weighted by atomic mass is 35.5. The molecule has 2 N–H and O–H groups in total. The van der Waals surface area contributed by atoms with Gasteiger partial charge in [0, 0.05) is 5.39 Å². The van der Waals surface area contributed by atoms with Gasteiger partial charge in [0.05, 0.1) is 27.5 Å². The second-order valence-corrected chi connectivity index (χ2v) is 5.70. The minimum Gasteiger partial charge on any atom is -0.478 e. The van der Waals surface area contributed by atoms with E-state index in [0.29, 0.717) is 27.6 Å². The lowest BCUT2D eigenvalue weighted by Crippen LogP contribution is -2.13. The van der Waals surface area contributed by atoms with E-state index in [2.05, 4.69) is 10.5 Å². The molecule has 0 aliphatic rings. The largest absolute Gasteiger partial charge is 0.478 e. The van der Waals surface area contributed by atoms with Crippen LogP contribution in [0.1, 0.15) is 22.8 Å². The number of hydrogen-bond acceptors (Lipinski definition) is 5. The van der Waals surface area contributed by atoms with Crippen molar-refractivity contribution in [2.24, 2.45) is 5.10 Å². The van der Waals surface area contributed by atoms with E-state index >= 15 is 0 Å². The second kappa shape index (κ2) is 6.78. The van der Waals surface area contributed by atoms with Crippen molar-refractivity contribution in [3.05, 3.63) is 75.1 Å². The third-order valence-corrected chi connectivity index (χ3v) is 3.92. The maximum atomic E-state index is 12.1. The molecule has 1 heterocycles. The molecule has 25 heavy (non-hydrogen) atoms. The Labute approximate surface area is 147 Å². The standard InChI is InChI=1S/C18H13ClN2O4/c1-10(13-8-11-4-2-3-5-16(11)25-18(13)24)20-21-15-9-12(17(22)23)6-7-14(15)19/h2-9,21H,1H3,(H,22,23)/b20-10-. The fourth-order valence-corrected chi connectivity index (χ4v) is 2.42. The van der Waals surface area contributed by atoms with Crippen LogP contribution in [0, 0.1) is 0 Å². The van der Waals surface area contributed by atoms with Crippen LogP contribution in [0.15, 0.2) is 62.8 Å². The van der Waals surface area contributed by atoms with Gasteiger partial charge in [-0.2, -0.15) is 5.10 Å². The first kappa shape index (κ1) is 16.7. The molecule has 0 aliphatic heterocycles. The average molecular weight is 357 g/mol. The van der Waals surface area contributed by atoms with Gasteiger partial charge in [-0.05, 0) is 37.3 Å². The molecule has 0 atom stereocenters. The number of nitrogens with zero attached hydrogens (tertiary/aromatic N) is 1. The van der Waals surface area contributed by atoms with Crippen LogP contribution in [0.2, 0.25) is 5.02 Å². The monoisotopic (exact) mass is 356 g/mol. The fourth-order valence-electron chi connectivity index (χ4n) is 2.26. The summed E-state index contributed by atoms with van der Waals surface area (Å²) in [5.74, 6) is -1.07. The van der Waals surface area contributed by atoms with Crippen LogP contribution in [0.5, 0.6) is 0 Å². The number of halogens is 1. The van der Waals surface area contributed by atoms with E-state index < -0.39 is 11.6 Å². The smallest absolute Gasteiger partial charge is 0.345 e. The summed E-state index contributed by atoms with van der Waals surface area (Å²) in [5.41, 5.74) is 3.77. The first-order valence-corrected chi connectivity index (χ1v) is 7.70. The molecule has 0 fully saturated rings. The summed E-state index contributed by atoms with van der Waals surface area (Å²) < 4.78 is 5.27. The number of fused-ring (bicyclic) bond motifs is 1. The molecule has 7 heteroatoms. The quantitative estimate of drug-likeness (QED) is 0.419. The average Bonchev–Trinajstić information content (AvgIpc) is 2.60. The third-order valence-electron chi connectivity index (χ3n) is 3.59. The van der Waals surface area contributed by atoms with Crippen LogP contribution < -0.4 is 11.1 Å². The molecule has 0 bridgehead atoms. The summed E-state index contributed by atoms with van der Waals surface area (Å²) in [6.45, 7) is 1.64. The van der Waals surface area contributed by atoms with Gasteiger partial charge in [-0.25, -0.2) is 9.59 Å². The van der Waals surface area contributed by atoms with Crippen molar-refractivity contribution in [3.63, 3.8) is 0 Å². The molecule has 3 rings (SSSR count). The highest BCUT2D eigenvalue weighted by Crippen LogP contribution is 2.23. The molecule has 0 saturated carbocycles. The topological polar surface area (TPSA) is 91.9 Å². The Hall–Kier alpha value is -3.12. The van der Waals surface area contributed by atoms with E-state index in [-0.39, 0.29) is 5.56 Å². The fraction of sp³-hybridized carbons (Fsp3) is 0.0556. The molecular formula is C18H13ClN2O4. The van der Waals surface area contributed by atoms with Gasteiger partial charge in [0.25, 0.3) is 0 Å². The third kappa shape index (κ3) is 3.54. The first-order chi connectivity index (χ1) is 12.0. The van der Waals surface area contributed by atoms with Crippen molar-refractivity contribution in [2.45, 2.75) is 6.92 Å². The summed E-state index contributed by atoms with van der Waals surface area (Å²) in [4.78, 5) is 23.2. The minimum atomic E-state index is -1.07. The molecule has 0 spiro atoms. The first-order valence-electron chi connectivity index (χ1n) is 7.32. The van der Waals surface area contributed by atoms with Crippen LogP contribution in [-0.2, 0) is 0 Å². The molecule has 6 nitrogen and oxygen atoms in total. The number of anilines is 1. The van der Waals surface area contributed by atoms with Gasteiger partial charge in [0.2, 0.25) is 0 Å². The van der Waals surface area contributed by atoms with Gasteiger partial charge in [0.15, 0.2) is 0 Å². The lowest BCUT2D eigenvalue weighted by molar-refractivity contribution is 0.0697. The maximum absolute atomic E-state index is 12.1. The van der Waals surface area contributed by atoms with E-state index in [1.807, 2.05) is 12.1 Å². The number of hydrazone groups is 1. The Balaban J connectivity index is 1.95.